The number of carbonyl (C=O) groups excluding carboxylic acids is 1. The molecule has 0 aliphatic carbocycles. The molecule has 1 aromatic carbocycles. The molecule has 1 heterocycles. The van der Waals surface area contributed by atoms with E-state index >= 15 is 0 Å². The van der Waals surface area contributed by atoms with Crippen LogP contribution in [0.15, 0.2) is 24.3 Å². The first kappa shape index (κ1) is 15.0. The molecule has 3 heteroatoms. The molecule has 1 N–H and O–H groups in total. The highest BCUT2D eigenvalue weighted by molar-refractivity contribution is 5.84. The molecule has 0 bridgehead atoms. The normalized spacial score (nSPS) is 24.2. The summed E-state index contributed by atoms with van der Waals surface area (Å²) in [7, 11) is 0. The van der Waals surface area contributed by atoms with Gasteiger partial charge in [-0.2, -0.15) is 0 Å². The van der Waals surface area contributed by atoms with Crippen LogP contribution in [0.4, 0.5) is 0 Å². The monoisotopic (exact) mass is 274 g/mol. The molecule has 0 radical (unpaired) electrons. The standard InChI is InChI=1S/C17H26N2O/c1-5-12(3)11-19-16(18-15(6-2)17(19)20)14-9-7-13(4)8-10-14/h7-10,12,15-16,18H,5-6,11H2,1-4H3. The number of hydrogen-bond donors (Lipinski definition) is 1. The molecule has 20 heavy (non-hydrogen) atoms. The van der Waals surface area contributed by atoms with Gasteiger partial charge in [0, 0.05) is 6.54 Å². The summed E-state index contributed by atoms with van der Waals surface area (Å²) in [4.78, 5) is 14.5. The lowest BCUT2D eigenvalue weighted by Crippen LogP contribution is -2.34. The van der Waals surface area contributed by atoms with E-state index in [4.69, 9.17) is 0 Å². The Hall–Kier alpha value is -1.35. The highest BCUT2D eigenvalue weighted by atomic mass is 16.2. The topological polar surface area (TPSA) is 32.3 Å². The molecular formula is C17H26N2O. The van der Waals surface area contributed by atoms with Crippen LogP contribution in [0.5, 0.6) is 0 Å². The van der Waals surface area contributed by atoms with Gasteiger partial charge in [-0.25, -0.2) is 0 Å². The number of nitrogens with one attached hydrogen (secondary N) is 1. The number of nitrogens with zero attached hydrogens (tertiary/aromatic N) is 1. The van der Waals surface area contributed by atoms with Crippen LogP contribution in [0.3, 0.4) is 0 Å². The molecule has 3 atom stereocenters. The lowest BCUT2D eigenvalue weighted by molar-refractivity contribution is -0.130. The lowest BCUT2D eigenvalue weighted by atomic mass is 10.1. The maximum Gasteiger partial charge on any atom is 0.241 e. The van der Waals surface area contributed by atoms with Gasteiger partial charge in [0.05, 0.1) is 6.04 Å². The summed E-state index contributed by atoms with van der Waals surface area (Å²) in [5.74, 6) is 0.780. The smallest absolute Gasteiger partial charge is 0.241 e. The number of amides is 1. The van der Waals surface area contributed by atoms with Crippen molar-refractivity contribution in [1.82, 2.24) is 10.2 Å². The second-order valence-electron chi connectivity index (χ2n) is 5.94. The van der Waals surface area contributed by atoms with Crippen LogP contribution in [0.1, 0.15) is 50.9 Å². The molecule has 1 amide bonds. The molecule has 0 aromatic heterocycles. The van der Waals surface area contributed by atoms with E-state index in [2.05, 4.69) is 57.3 Å². The van der Waals surface area contributed by atoms with Gasteiger partial charge in [-0.3, -0.25) is 10.1 Å². The average molecular weight is 274 g/mol. The van der Waals surface area contributed by atoms with E-state index in [1.165, 1.54) is 11.1 Å². The molecule has 1 aliphatic rings. The first-order valence-corrected chi connectivity index (χ1v) is 7.69. The van der Waals surface area contributed by atoms with Crippen molar-refractivity contribution in [3.63, 3.8) is 0 Å². The predicted octanol–water partition coefficient (Wildman–Crippen LogP) is 3.25. The van der Waals surface area contributed by atoms with Gasteiger partial charge in [0.1, 0.15) is 6.17 Å². The number of hydrogen-bond acceptors (Lipinski definition) is 2. The van der Waals surface area contributed by atoms with Crippen LogP contribution in [-0.4, -0.2) is 23.4 Å². The third-order valence-corrected chi connectivity index (χ3v) is 4.26. The molecule has 1 saturated heterocycles. The summed E-state index contributed by atoms with van der Waals surface area (Å²) in [5.41, 5.74) is 2.43. The Morgan fingerprint density at radius 2 is 1.90 bits per heavy atom. The van der Waals surface area contributed by atoms with E-state index in [-0.39, 0.29) is 18.1 Å². The van der Waals surface area contributed by atoms with Gasteiger partial charge in [0.25, 0.3) is 0 Å². The van der Waals surface area contributed by atoms with Crippen molar-refractivity contribution >= 4 is 5.91 Å². The molecule has 0 saturated carbocycles. The van der Waals surface area contributed by atoms with Crippen LogP contribution < -0.4 is 5.32 Å². The number of carbonyl (C=O) groups is 1. The van der Waals surface area contributed by atoms with Crippen LogP contribution >= 0.6 is 0 Å². The number of rotatable bonds is 5. The Morgan fingerprint density at radius 1 is 1.25 bits per heavy atom. The minimum absolute atomic E-state index is 0.0297. The van der Waals surface area contributed by atoms with Crippen molar-refractivity contribution < 1.29 is 4.79 Å². The zero-order chi connectivity index (χ0) is 14.7. The Labute approximate surface area is 122 Å². The SMILES string of the molecule is CCC(C)CN1C(=O)C(CC)NC1c1ccc(C)cc1. The van der Waals surface area contributed by atoms with Gasteiger partial charge in [0.15, 0.2) is 0 Å². The summed E-state index contributed by atoms with van der Waals surface area (Å²) in [6.45, 7) is 9.37. The summed E-state index contributed by atoms with van der Waals surface area (Å²) in [5, 5.41) is 3.48. The van der Waals surface area contributed by atoms with Gasteiger partial charge in [-0.1, -0.05) is 57.0 Å². The molecule has 1 aromatic rings. The Kier molecular flexibility index (Phi) is 4.81. The molecule has 0 spiro atoms. The summed E-state index contributed by atoms with van der Waals surface area (Å²) >= 11 is 0. The second kappa shape index (κ2) is 6.40. The molecule has 1 fully saturated rings. The fourth-order valence-corrected chi connectivity index (χ4v) is 2.66. The summed E-state index contributed by atoms with van der Waals surface area (Å²) in [6, 6.07) is 8.44. The van der Waals surface area contributed by atoms with Gasteiger partial charge < -0.3 is 4.90 Å². The van der Waals surface area contributed by atoms with E-state index in [1.54, 1.807) is 0 Å². The predicted molar refractivity (Wildman–Crippen MR) is 82.3 cm³/mol. The minimum atomic E-state index is -0.0367. The van der Waals surface area contributed by atoms with E-state index in [9.17, 15) is 4.79 Å². The third kappa shape index (κ3) is 3.04. The van der Waals surface area contributed by atoms with Crippen molar-refractivity contribution in [3.05, 3.63) is 35.4 Å². The first-order chi connectivity index (χ1) is 9.56. The molecule has 3 nitrogen and oxygen atoms in total. The van der Waals surface area contributed by atoms with Crippen LogP contribution in [-0.2, 0) is 4.79 Å². The van der Waals surface area contributed by atoms with Gasteiger partial charge in [-0.15, -0.1) is 0 Å². The zero-order valence-electron chi connectivity index (χ0n) is 13.0. The fourth-order valence-electron chi connectivity index (χ4n) is 2.66. The molecule has 1 aliphatic heterocycles. The fraction of sp³-hybridized carbons (Fsp3) is 0.588. The van der Waals surface area contributed by atoms with Crippen molar-refractivity contribution in [1.29, 1.82) is 0 Å². The number of aryl methyl sites for hydroxylation is 1. The van der Waals surface area contributed by atoms with Gasteiger partial charge in [-0.05, 0) is 24.8 Å². The van der Waals surface area contributed by atoms with E-state index in [0.717, 1.165) is 19.4 Å². The highest BCUT2D eigenvalue weighted by Gasteiger charge is 2.38. The van der Waals surface area contributed by atoms with E-state index in [0.29, 0.717) is 5.92 Å². The zero-order valence-corrected chi connectivity index (χ0v) is 13.0. The van der Waals surface area contributed by atoms with Crippen molar-refractivity contribution in [2.75, 3.05) is 6.54 Å². The van der Waals surface area contributed by atoms with Crippen molar-refractivity contribution in [2.24, 2.45) is 5.92 Å². The Morgan fingerprint density at radius 3 is 2.45 bits per heavy atom. The minimum Gasteiger partial charge on any atom is -0.321 e. The summed E-state index contributed by atoms with van der Waals surface area (Å²) < 4.78 is 0. The maximum atomic E-state index is 12.5. The molecule has 3 unspecified atom stereocenters. The molecular weight excluding hydrogens is 248 g/mol. The average Bonchev–Trinajstić information content (AvgIpc) is 2.76. The second-order valence-corrected chi connectivity index (χ2v) is 5.94. The van der Waals surface area contributed by atoms with Crippen molar-refractivity contribution in [2.45, 2.75) is 52.7 Å². The maximum absolute atomic E-state index is 12.5. The lowest BCUT2D eigenvalue weighted by Gasteiger charge is -2.27. The molecule has 2 rings (SSSR count). The van der Waals surface area contributed by atoms with E-state index < -0.39 is 0 Å². The van der Waals surface area contributed by atoms with E-state index in [1.807, 2.05) is 4.90 Å². The third-order valence-electron chi connectivity index (χ3n) is 4.26. The molecule has 110 valence electrons. The van der Waals surface area contributed by atoms with Gasteiger partial charge in [0.2, 0.25) is 5.91 Å². The first-order valence-electron chi connectivity index (χ1n) is 7.69. The highest BCUT2D eigenvalue weighted by Crippen LogP contribution is 2.28. The largest absolute Gasteiger partial charge is 0.321 e. The van der Waals surface area contributed by atoms with Crippen LogP contribution in [0.25, 0.3) is 0 Å². The number of benzene rings is 1. The van der Waals surface area contributed by atoms with Crippen LogP contribution in [0, 0.1) is 12.8 Å². The Bertz CT molecular complexity index is 455. The quantitative estimate of drug-likeness (QED) is 0.894. The van der Waals surface area contributed by atoms with Crippen LogP contribution in [0.2, 0.25) is 0 Å². The van der Waals surface area contributed by atoms with Crippen molar-refractivity contribution in [3.8, 4) is 0 Å². The Balaban J connectivity index is 2.23. The van der Waals surface area contributed by atoms with Gasteiger partial charge >= 0.3 is 0 Å². The summed E-state index contributed by atoms with van der Waals surface area (Å²) in [6.07, 6.45) is 1.97.